The summed E-state index contributed by atoms with van der Waals surface area (Å²) in [5.41, 5.74) is 1.22. The number of hydrogen-bond donors (Lipinski definition) is 2. The van der Waals surface area contributed by atoms with Gasteiger partial charge in [0.15, 0.2) is 5.96 Å². The first-order valence-corrected chi connectivity index (χ1v) is 8.85. The molecule has 0 fully saturated rings. The zero-order valence-electron chi connectivity index (χ0n) is 14.6. The normalized spacial score (nSPS) is 11.4. The van der Waals surface area contributed by atoms with E-state index >= 15 is 0 Å². The van der Waals surface area contributed by atoms with Crippen LogP contribution in [0.1, 0.15) is 18.3 Å². The first-order chi connectivity index (χ1) is 12.2. The minimum absolute atomic E-state index is 0.666. The maximum atomic E-state index is 5.91. The van der Waals surface area contributed by atoms with Crippen LogP contribution in [-0.2, 0) is 19.4 Å². The van der Waals surface area contributed by atoms with Gasteiger partial charge in [0, 0.05) is 37.6 Å². The fourth-order valence-corrected chi connectivity index (χ4v) is 2.45. The van der Waals surface area contributed by atoms with E-state index in [0.717, 1.165) is 42.7 Å². The summed E-state index contributed by atoms with van der Waals surface area (Å²) in [5.74, 6) is 1.77. The molecule has 6 nitrogen and oxygen atoms in total. The fraction of sp³-hybridized carbons (Fsp3) is 0.389. The molecular formula is C18H25ClN6. The molecule has 1 aromatic heterocycles. The van der Waals surface area contributed by atoms with Gasteiger partial charge in [-0.05, 0) is 24.1 Å². The van der Waals surface area contributed by atoms with Crippen molar-refractivity contribution in [2.75, 3.05) is 19.6 Å². The average Bonchev–Trinajstić information content (AvgIpc) is 3.08. The van der Waals surface area contributed by atoms with Gasteiger partial charge < -0.3 is 15.2 Å². The van der Waals surface area contributed by atoms with Gasteiger partial charge in [-0.1, -0.05) is 36.7 Å². The second kappa shape index (κ2) is 10.5. The van der Waals surface area contributed by atoms with Crippen molar-refractivity contribution >= 4 is 17.6 Å². The molecule has 1 heterocycles. The summed E-state index contributed by atoms with van der Waals surface area (Å²) in [4.78, 5) is 4.61. The summed E-state index contributed by atoms with van der Waals surface area (Å²) in [6, 6.07) is 7.86. The maximum Gasteiger partial charge on any atom is 0.191 e. The molecule has 0 saturated heterocycles. The number of hydrogen-bond acceptors (Lipinski definition) is 3. The van der Waals surface area contributed by atoms with Crippen molar-refractivity contribution in [3.8, 4) is 0 Å². The number of guanidine groups is 1. The summed E-state index contributed by atoms with van der Waals surface area (Å²) in [7, 11) is 0. The lowest BCUT2D eigenvalue weighted by atomic mass is 10.1. The van der Waals surface area contributed by atoms with Crippen molar-refractivity contribution in [2.24, 2.45) is 4.99 Å². The van der Waals surface area contributed by atoms with Gasteiger partial charge in [0.1, 0.15) is 12.2 Å². The van der Waals surface area contributed by atoms with Crippen LogP contribution >= 0.6 is 11.6 Å². The van der Waals surface area contributed by atoms with E-state index in [1.807, 2.05) is 34.9 Å². The molecule has 0 radical (unpaired) electrons. The average molecular weight is 361 g/mol. The third-order valence-corrected chi connectivity index (χ3v) is 3.91. The zero-order valence-corrected chi connectivity index (χ0v) is 15.3. The number of aliphatic imine (C=N–C) groups is 1. The Kier molecular flexibility index (Phi) is 7.98. The topological polar surface area (TPSA) is 67.1 Å². The molecule has 2 rings (SSSR count). The monoisotopic (exact) mass is 360 g/mol. The highest BCUT2D eigenvalue weighted by Gasteiger charge is 2.02. The van der Waals surface area contributed by atoms with Gasteiger partial charge in [-0.25, -0.2) is 0 Å². The van der Waals surface area contributed by atoms with Gasteiger partial charge in [0.25, 0.3) is 0 Å². The maximum absolute atomic E-state index is 5.91. The molecule has 7 heteroatoms. The van der Waals surface area contributed by atoms with E-state index in [1.54, 1.807) is 6.33 Å². The van der Waals surface area contributed by atoms with Gasteiger partial charge in [0.2, 0.25) is 0 Å². The third kappa shape index (κ3) is 6.58. The third-order valence-electron chi connectivity index (χ3n) is 3.65. The van der Waals surface area contributed by atoms with Crippen LogP contribution < -0.4 is 10.6 Å². The molecular weight excluding hydrogens is 336 g/mol. The number of halogens is 1. The van der Waals surface area contributed by atoms with Gasteiger partial charge in [-0.3, -0.25) is 4.99 Å². The Morgan fingerprint density at radius 3 is 2.84 bits per heavy atom. The van der Waals surface area contributed by atoms with E-state index < -0.39 is 0 Å². The lowest BCUT2D eigenvalue weighted by Crippen LogP contribution is -2.39. The Balaban J connectivity index is 1.84. The Morgan fingerprint density at radius 1 is 1.32 bits per heavy atom. The fourth-order valence-electron chi connectivity index (χ4n) is 2.33. The molecule has 0 spiro atoms. The van der Waals surface area contributed by atoms with Crippen LogP contribution in [0.2, 0.25) is 5.02 Å². The smallest absolute Gasteiger partial charge is 0.191 e. The highest BCUT2D eigenvalue weighted by atomic mass is 35.5. The van der Waals surface area contributed by atoms with E-state index in [9.17, 15) is 0 Å². The van der Waals surface area contributed by atoms with Crippen molar-refractivity contribution in [1.82, 2.24) is 25.4 Å². The summed E-state index contributed by atoms with van der Waals surface area (Å²) >= 11 is 5.91. The van der Waals surface area contributed by atoms with Crippen molar-refractivity contribution in [3.05, 3.63) is 59.7 Å². The summed E-state index contributed by atoms with van der Waals surface area (Å²) in [6.07, 6.45) is 5.31. The molecule has 0 aliphatic carbocycles. The Morgan fingerprint density at radius 2 is 2.12 bits per heavy atom. The predicted molar refractivity (Wildman–Crippen MR) is 103 cm³/mol. The molecule has 1 aromatic carbocycles. The van der Waals surface area contributed by atoms with E-state index in [0.29, 0.717) is 13.1 Å². The molecule has 0 bridgehead atoms. The van der Waals surface area contributed by atoms with Gasteiger partial charge >= 0.3 is 0 Å². The lowest BCUT2D eigenvalue weighted by molar-refractivity contribution is 0.633. The van der Waals surface area contributed by atoms with E-state index in [-0.39, 0.29) is 0 Å². The van der Waals surface area contributed by atoms with Crippen LogP contribution in [0.3, 0.4) is 0 Å². The van der Waals surface area contributed by atoms with E-state index in [1.165, 1.54) is 5.56 Å². The zero-order chi connectivity index (χ0) is 17.9. The van der Waals surface area contributed by atoms with Crippen molar-refractivity contribution in [1.29, 1.82) is 0 Å². The van der Waals surface area contributed by atoms with Crippen LogP contribution in [0.15, 0.2) is 48.2 Å². The molecule has 0 aliphatic rings. The molecule has 2 aromatic rings. The standard InChI is InChI=1S/C18H25ClN6/c1-3-10-20-18(21-11-9-15-5-7-16(19)8-6-15)22-12-13-25-14-23-24-17(25)4-2/h3,5-8,14H,1,4,9-13H2,2H3,(H2,20,21,22). The van der Waals surface area contributed by atoms with Crippen molar-refractivity contribution < 1.29 is 0 Å². The second-order valence-corrected chi connectivity index (χ2v) is 5.93. The number of aryl methyl sites for hydroxylation is 1. The molecule has 0 amide bonds. The van der Waals surface area contributed by atoms with Crippen molar-refractivity contribution in [3.63, 3.8) is 0 Å². The van der Waals surface area contributed by atoms with Crippen LogP contribution in [0.25, 0.3) is 0 Å². The van der Waals surface area contributed by atoms with Crippen molar-refractivity contribution in [2.45, 2.75) is 26.3 Å². The Bertz CT molecular complexity index is 677. The number of rotatable bonds is 9. The summed E-state index contributed by atoms with van der Waals surface area (Å²) in [5, 5.41) is 15.4. The summed E-state index contributed by atoms with van der Waals surface area (Å²) < 4.78 is 2.05. The number of aromatic nitrogens is 3. The number of nitrogens with zero attached hydrogens (tertiary/aromatic N) is 4. The van der Waals surface area contributed by atoms with Gasteiger partial charge in [0.05, 0.1) is 0 Å². The van der Waals surface area contributed by atoms with E-state index in [2.05, 4.69) is 39.3 Å². The van der Waals surface area contributed by atoms with E-state index in [4.69, 9.17) is 11.6 Å². The van der Waals surface area contributed by atoms with Crippen LogP contribution in [0.4, 0.5) is 0 Å². The molecule has 0 saturated carbocycles. The molecule has 0 unspecified atom stereocenters. The second-order valence-electron chi connectivity index (χ2n) is 5.50. The number of benzene rings is 1. The molecule has 2 N–H and O–H groups in total. The van der Waals surface area contributed by atoms with Gasteiger partial charge in [-0.15, -0.1) is 16.8 Å². The Labute approximate surface area is 154 Å². The number of nitrogens with one attached hydrogen (secondary N) is 2. The minimum atomic E-state index is 0.666. The quantitative estimate of drug-likeness (QED) is 0.409. The first-order valence-electron chi connectivity index (χ1n) is 8.47. The molecule has 0 atom stereocenters. The van der Waals surface area contributed by atoms with Gasteiger partial charge in [-0.2, -0.15) is 0 Å². The SMILES string of the molecule is C=CCNC(=NCCc1ccc(Cl)cc1)NCCn1cnnc1CC. The largest absolute Gasteiger partial charge is 0.355 e. The molecule has 25 heavy (non-hydrogen) atoms. The van der Waals surface area contributed by atoms with Crippen LogP contribution in [0, 0.1) is 0 Å². The highest BCUT2D eigenvalue weighted by Crippen LogP contribution is 2.09. The van der Waals surface area contributed by atoms with Crippen LogP contribution in [-0.4, -0.2) is 40.4 Å². The lowest BCUT2D eigenvalue weighted by Gasteiger charge is -2.12. The molecule has 134 valence electrons. The minimum Gasteiger partial charge on any atom is -0.355 e. The molecule has 0 aliphatic heterocycles. The predicted octanol–water partition coefficient (Wildman–Crippen LogP) is 2.46. The summed E-state index contributed by atoms with van der Waals surface area (Å²) in [6.45, 7) is 8.71. The first kappa shape index (κ1) is 19.0. The van der Waals surface area contributed by atoms with Crippen LogP contribution in [0.5, 0.6) is 0 Å². The Hall–Kier alpha value is -2.34. The highest BCUT2D eigenvalue weighted by molar-refractivity contribution is 6.30.